The highest BCUT2D eigenvalue weighted by Crippen LogP contribution is 2.18. The Morgan fingerprint density at radius 1 is 1.50 bits per heavy atom. The second-order valence-corrected chi connectivity index (χ2v) is 3.64. The number of nitrogens with two attached hydrogens (primary N) is 2. The van der Waals surface area contributed by atoms with E-state index in [9.17, 15) is 4.79 Å². The van der Waals surface area contributed by atoms with Crippen LogP contribution in [0.4, 0.5) is 0 Å². The van der Waals surface area contributed by atoms with Crippen LogP contribution in [0.3, 0.4) is 0 Å². The highest BCUT2D eigenvalue weighted by atomic mass is 16.1. The van der Waals surface area contributed by atoms with E-state index in [0.29, 0.717) is 0 Å². The first kappa shape index (κ1) is 9.43. The molecule has 0 aromatic carbocycles. The van der Waals surface area contributed by atoms with Gasteiger partial charge in [-0.2, -0.15) is 0 Å². The Morgan fingerprint density at radius 2 is 1.90 bits per heavy atom. The number of amides is 1. The van der Waals surface area contributed by atoms with E-state index < -0.39 is 0 Å². The Bertz CT molecular complexity index is 126. The van der Waals surface area contributed by atoms with Crippen molar-refractivity contribution in [1.29, 1.82) is 0 Å². The van der Waals surface area contributed by atoms with Crippen LogP contribution in [0.1, 0.15) is 27.2 Å². The average molecular weight is 144 g/mol. The van der Waals surface area contributed by atoms with E-state index >= 15 is 0 Å². The van der Waals surface area contributed by atoms with Gasteiger partial charge in [-0.1, -0.05) is 20.8 Å². The first-order valence-electron chi connectivity index (χ1n) is 3.38. The normalized spacial score (nSPS) is 14.8. The standard InChI is InChI=1S/C7H16N2O/c1-7(2,3)5(8)4-6(9)10/h5H,4,8H2,1-3H3,(H2,9,10). The van der Waals surface area contributed by atoms with Crippen molar-refractivity contribution in [2.24, 2.45) is 16.9 Å². The van der Waals surface area contributed by atoms with Crippen LogP contribution in [0.25, 0.3) is 0 Å². The fourth-order valence-corrected chi connectivity index (χ4v) is 0.523. The number of carbonyl (C=O) groups is 1. The summed E-state index contributed by atoms with van der Waals surface area (Å²) in [7, 11) is 0. The van der Waals surface area contributed by atoms with E-state index in [4.69, 9.17) is 11.5 Å². The van der Waals surface area contributed by atoms with Crippen molar-refractivity contribution in [1.82, 2.24) is 0 Å². The maximum atomic E-state index is 10.4. The smallest absolute Gasteiger partial charge is 0.218 e. The summed E-state index contributed by atoms with van der Waals surface area (Å²) in [5.41, 5.74) is 10.6. The van der Waals surface area contributed by atoms with Crippen LogP contribution < -0.4 is 11.5 Å². The zero-order chi connectivity index (χ0) is 8.36. The molecule has 60 valence electrons. The molecule has 0 aliphatic heterocycles. The lowest BCUT2D eigenvalue weighted by atomic mass is 9.85. The van der Waals surface area contributed by atoms with Gasteiger partial charge in [0.2, 0.25) is 5.91 Å². The zero-order valence-electron chi connectivity index (χ0n) is 6.85. The number of primary amides is 1. The topological polar surface area (TPSA) is 69.1 Å². The summed E-state index contributed by atoms with van der Waals surface area (Å²) >= 11 is 0. The summed E-state index contributed by atoms with van der Waals surface area (Å²) in [6.45, 7) is 5.96. The van der Waals surface area contributed by atoms with Gasteiger partial charge in [0.25, 0.3) is 0 Å². The van der Waals surface area contributed by atoms with Crippen LogP contribution in [-0.2, 0) is 4.79 Å². The number of carbonyl (C=O) groups excluding carboxylic acids is 1. The van der Waals surface area contributed by atoms with Gasteiger partial charge in [-0.05, 0) is 5.41 Å². The molecule has 3 nitrogen and oxygen atoms in total. The minimum absolute atomic E-state index is 0.0327. The molecule has 4 N–H and O–H groups in total. The third-order valence-electron chi connectivity index (χ3n) is 1.53. The monoisotopic (exact) mass is 144 g/mol. The second kappa shape index (κ2) is 3.01. The van der Waals surface area contributed by atoms with Crippen molar-refractivity contribution in [3.8, 4) is 0 Å². The summed E-state index contributed by atoms with van der Waals surface area (Å²) in [6.07, 6.45) is 0.267. The molecule has 3 heteroatoms. The molecule has 0 radical (unpaired) electrons. The molecular formula is C7H16N2O. The van der Waals surface area contributed by atoms with Crippen molar-refractivity contribution in [2.75, 3.05) is 0 Å². The lowest BCUT2D eigenvalue weighted by Gasteiger charge is -2.25. The minimum atomic E-state index is -0.331. The van der Waals surface area contributed by atoms with Gasteiger partial charge in [0.05, 0.1) is 0 Å². The van der Waals surface area contributed by atoms with Crippen molar-refractivity contribution in [3.05, 3.63) is 0 Å². The third kappa shape index (κ3) is 3.45. The molecule has 1 unspecified atom stereocenters. The van der Waals surface area contributed by atoms with Crippen LogP contribution in [0.5, 0.6) is 0 Å². The molecule has 0 aliphatic rings. The minimum Gasteiger partial charge on any atom is -0.370 e. The Kier molecular flexibility index (Phi) is 2.84. The van der Waals surface area contributed by atoms with Crippen molar-refractivity contribution in [2.45, 2.75) is 33.2 Å². The highest BCUT2D eigenvalue weighted by Gasteiger charge is 2.21. The van der Waals surface area contributed by atoms with Gasteiger partial charge in [-0.25, -0.2) is 0 Å². The van der Waals surface area contributed by atoms with Crippen molar-refractivity contribution < 1.29 is 4.79 Å². The van der Waals surface area contributed by atoms with Gasteiger partial charge in [0.1, 0.15) is 0 Å². The lowest BCUT2D eigenvalue weighted by molar-refractivity contribution is -0.118. The molecule has 0 aliphatic carbocycles. The number of hydrogen-bond donors (Lipinski definition) is 2. The Hall–Kier alpha value is -0.570. The molecule has 0 fully saturated rings. The predicted octanol–water partition coefficient (Wildman–Crippen LogP) is 0.235. The van der Waals surface area contributed by atoms with E-state index in [1.165, 1.54) is 0 Å². The molecule has 0 saturated heterocycles. The molecule has 0 bridgehead atoms. The highest BCUT2D eigenvalue weighted by molar-refractivity contribution is 5.74. The van der Waals surface area contributed by atoms with E-state index in [1.54, 1.807) is 0 Å². The molecule has 0 heterocycles. The summed E-state index contributed by atoms with van der Waals surface area (Å²) in [5, 5.41) is 0. The number of hydrogen-bond acceptors (Lipinski definition) is 2. The quantitative estimate of drug-likeness (QED) is 0.582. The average Bonchev–Trinajstić information content (AvgIpc) is 1.60. The summed E-state index contributed by atoms with van der Waals surface area (Å²) in [5.74, 6) is -0.331. The van der Waals surface area contributed by atoms with Gasteiger partial charge < -0.3 is 11.5 Å². The second-order valence-electron chi connectivity index (χ2n) is 3.64. The Labute approximate surface area is 61.8 Å². The lowest BCUT2D eigenvalue weighted by Crippen LogP contribution is -2.38. The molecule has 0 aromatic heterocycles. The van der Waals surface area contributed by atoms with E-state index in [2.05, 4.69) is 0 Å². The van der Waals surface area contributed by atoms with Crippen LogP contribution in [0, 0.1) is 5.41 Å². The Balaban J connectivity index is 3.85. The molecular weight excluding hydrogens is 128 g/mol. The van der Waals surface area contributed by atoms with E-state index in [1.807, 2.05) is 20.8 Å². The van der Waals surface area contributed by atoms with Gasteiger partial charge in [-0.3, -0.25) is 4.79 Å². The van der Waals surface area contributed by atoms with Gasteiger partial charge in [0.15, 0.2) is 0 Å². The van der Waals surface area contributed by atoms with Crippen molar-refractivity contribution >= 4 is 5.91 Å². The largest absolute Gasteiger partial charge is 0.370 e. The van der Waals surface area contributed by atoms with Crippen LogP contribution in [-0.4, -0.2) is 11.9 Å². The molecule has 0 saturated carbocycles. The number of rotatable bonds is 2. The predicted molar refractivity (Wildman–Crippen MR) is 41.2 cm³/mol. The molecule has 0 rings (SSSR count). The SMILES string of the molecule is CC(C)(C)C(N)CC(N)=O. The van der Waals surface area contributed by atoms with E-state index in [-0.39, 0.29) is 23.8 Å². The maximum absolute atomic E-state index is 10.4. The summed E-state index contributed by atoms with van der Waals surface area (Å²) in [4.78, 5) is 10.4. The molecule has 0 aromatic rings. The first-order chi connectivity index (χ1) is 4.34. The van der Waals surface area contributed by atoms with E-state index in [0.717, 1.165) is 0 Å². The zero-order valence-corrected chi connectivity index (χ0v) is 6.85. The first-order valence-corrected chi connectivity index (χ1v) is 3.38. The van der Waals surface area contributed by atoms with Crippen LogP contribution in [0.2, 0.25) is 0 Å². The van der Waals surface area contributed by atoms with Crippen molar-refractivity contribution in [3.63, 3.8) is 0 Å². The summed E-state index contributed by atoms with van der Waals surface area (Å²) < 4.78 is 0. The van der Waals surface area contributed by atoms with Gasteiger partial charge in [-0.15, -0.1) is 0 Å². The maximum Gasteiger partial charge on any atom is 0.218 e. The Morgan fingerprint density at radius 3 is 2.00 bits per heavy atom. The fraction of sp³-hybridized carbons (Fsp3) is 0.857. The third-order valence-corrected chi connectivity index (χ3v) is 1.53. The fourth-order valence-electron chi connectivity index (χ4n) is 0.523. The van der Waals surface area contributed by atoms with Crippen LogP contribution >= 0.6 is 0 Å². The van der Waals surface area contributed by atoms with Gasteiger partial charge in [0, 0.05) is 12.5 Å². The van der Waals surface area contributed by atoms with Gasteiger partial charge >= 0.3 is 0 Å². The molecule has 0 spiro atoms. The molecule has 1 atom stereocenters. The molecule has 10 heavy (non-hydrogen) atoms. The summed E-state index contributed by atoms with van der Waals surface area (Å²) in [6, 6.07) is -0.134. The molecule has 1 amide bonds. The van der Waals surface area contributed by atoms with Crippen LogP contribution in [0.15, 0.2) is 0 Å².